The number of ether oxygens (including phenoxy) is 4. The molecular formula is C21H35N3O5. The van der Waals surface area contributed by atoms with Crippen LogP contribution in [0.3, 0.4) is 0 Å². The van der Waals surface area contributed by atoms with Crippen LogP contribution in [-0.2, 0) is 16.0 Å². The number of guanidine groups is 1. The van der Waals surface area contributed by atoms with Gasteiger partial charge in [-0.2, -0.15) is 0 Å². The van der Waals surface area contributed by atoms with Crippen LogP contribution in [0.15, 0.2) is 23.2 Å². The third-order valence-corrected chi connectivity index (χ3v) is 4.69. The first-order chi connectivity index (χ1) is 14.2. The number of aliphatic imine (C=N–C) groups is 1. The summed E-state index contributed by atoms with van der Waals surface area (Å²) < 4.78 is 21.6. The average molecular weight is 410 g/mol. The van der Waals surface area contributed by atoms with Crippen molar-refractivity contribution < 1.29 is 24.1 Å². The first-order valence-electron chi connectivity index (χ1n) is 10.2. The van der Waals surface area contributed by atoms with Crippen LogP contribution in [0.1, 0.15) is 18.9 Å². The number of rotatable bonds is 12. The van der Waals surface area contributed by atoms with Crippen molar-refractivity contribution in [3.05, 3.63) is 23.8 Å². The minimum atomic E-state index is -0.0322. The Morgan fingerprint density at radius 3 is 2.83 bits per heavy atom. The zero-order valence-electron chi connectivity index (χ0n) is 17.9. The van der Waals surface area contributed by atoms with Crippen LogP contribution >= 0.6 is 0 Å². The van der Waals surface area contributed by atoms with Gasteiger partial charge in [0.1, 0.15) is 6.61 Å². The summed E-state index contributed by atoms with van der Waals surface area (Å²) in [4.78, 5) is 7.11. The van der Waals surface area contributed by atoms with Crippen molar-refractivity contribution in [2.45, 2.75) is 19.9 Å². The molecule has 8 heteroatoms. The maximum atomic E-state index is 8.93. The number of aliphatic hydroxyl groups is 1. The molecule has 164 valence electrons. The molecule has 1 unspecified atom stereocenters. The molecule has 1 fully saturated rings. The molecule has 1 aromatic rings. The maximum absolute atomic E-state index is 8.93. The van der Waals surface area contributed by atoms with E-state index >= 15 is 0 Å². The molecule has 0 amide bonds. The quantitative estimate of drug-likeness (QED) is 0.308. The Bertz CT molecular complexity index is 626. The number of nitrogens with zero attached hydrogens (tertiary/aromatic N) is 2. The number of hydrogen-bond donors (Lipinski definition) is 2. The van der Waals surface area contributed by atoms with Gasteiger partial charge in [-0.25, -0.2) is 4.99 Å². The van der Waals surface area contributed by atoms with Gasteiger partial charge in [0, 0.05) is 32.7 Å². The SMILES string of the molecule is CCNC(=NCc1ccc(OCCO)c(OC)c1)N1CCC(COCCOC)C1. The van der Waals surface area contributed by atoms with Crippen molar-refractivity contribution in [3.63, 3.8) is 0 Å². The van der Waals surface area contributed by atoms with Gasteiger partial charge in [0.25, 0.3) is 0 Å². The Morgan fingerprint density at radius 1 is 1.24 bits per heavy atom. The first-order valence-corrected chi connectivity index (χ1v) is 10.2. The summed E-state index contributed by atoms with van der Waals surface area (Å²) in [5.41, 5.74) is 1.03. The van der Waals surface area contributed by atoms with Crippen molar-refractivity contribution in [2.24, 2.45) is 10.9 Å². The molecule has 8 nitrogen and oxygen atoms in total. The third-order valence-electron chi connectivity index (χ3n) is 4.69. The fourth-order valence-corrected chi connectivity index (χ4v) is 3.23. The second-order valence-electron chi connectivity index (χ2n) is 6.90. The summed E-state index contributed by atoms with van der Waals surface area (Å²) in [7, 11) is 3.29. The molecule has 2 rings (SSSR count). The number of benzene rings is 1. The van der Waals surface area contributed by atoms with Gasteiger partial charge in [-0.05, 0) is 31.0 Å². The average Bonchev–Trinajstić information content (AvgIpc) is 3.21. The van der Waals surface area contributed by atoms with E-state index < -0.39 is 0 Å². The lowest BCUT2D eigenvalue weighted by atomic mass is 10.1. The predicted molar refractivity (Wildman–Crippen MR) is 113 cm³/mol. The Labute approximate surface area is 173 Å². The molecule has 1 atom stereocenters. The van der Waals surface area contributed by atoms with Crippen LogP contribution in [0.5, 0.6) is 11.5 Å². The molecule has 0 radical (unpaired) electrons. The highest BCUT2D eigenvalue weighted by Crippen LogP contribution is 2.28. The molecular weight excluding hydrogens is 374 g/mol. The Morgan fingerprint density at radius 2 is 2.10 bits per heavy atom. The van der Waals surface area contributed by atoms with Gasteiger partial charge in [-0.1, -0.05) is 6.07 Å². The number of nitrogens with one attached hydrogen (secondary N) is 1. The Balaban J connectivity index is 1.95. The van der Waals surface area contributed by atoms with Crippen LogP contribution < -0.4 is 14.8 Å². The van der Waals surface area contributed by atoms with Gasteiger partial charge in [-0.3, -0.25) is 0 Å². The highest BCUT2D eigenvalue weighted by molar-refractivity contribution is 5.80. The lowest BCUT2D eigenvalue weighted by Gasteiger charge is -2.22. The highest BCUT2D eigenvalue weighted by Gasteiger charge is 2.25. The van der Waals surface area contributed by atoms with Crippen LogP contribution in [0.2, 0.25) is 0 Å². The number of aliphatic hydroxyl groups excluding tert-OH is 1. The molecule has 1 heterocycles. The molecule has 0 saturated carbocycles. The fourth-order valence-electron chi connectivity index (χ4n) is 3.23. The molecule has 0 aliphatic carbocycles. The normalized spacial score (nSPS) is 16.9. The summed E-state index contributed by atoms with van der Waals surface area (Å²) >= 11 is 0. The van der Waals surface area contributed by atoms with Crippen LogP contribution in [-0.4, -0.2) is 82.9 Å². The van der Waals surface area contributed by atoms with Crippen LogP contribution in [0, 0.1) is 5.92 Å². The van der Waals surface area contributed by atoms with Crippen LogP contribution in [0.4, 0.5) is 0 Å². The Kier molecular flexibility index (Phi) is 10.6. The van der Waals surface area contributed by atoms with Crippen molar-refractivity contribution in [1.29, 1.82) is 0 Å². The molecule has 1 aliphatic heterocycles. The van der Waals surface area contributed by atoms with E-state index in [-0.39, 0.29) is 13.2 Å². The van der Waals surface area contributed by atoms with Gasteiger partial charge < -0.3 is 34.3 Å². The molecule has 1 aromatic carbocycles. The summed E-state index contributed by atoms with van der Waals surface area (Å²) in [6.45, 7) is 7.59. The minimum Gasteiger partial charge on any atom is -0.493 e. The lowest BCUT2D eigenvalue weighted by molar-refractivity contribution is 0.0536. The summed E-state index contributed by atoms with van der Waals surface area (Å²) in [5.74, 6) is 2.70. The van der Waals surface area contributed by atoms with Gasteiger partial charge >= 0.3 is 0 Å². The van der Waals surface area contributed by atoms with Gasteiger partial charge in [-0.15, -0.1) is 0 Å². The van der Waals surface area contributed by atoms with E-state index in [9.17, 15) is 0 Å². The molecule has 1 aliphatic rings. The minimum absolute atomic E-state index is 0.0322. The Hall–Kier alpha value is -2.03. The predicted octanol–water partition coefficient (Wildman–Crippen LogP) is 1.52. The topological polar surface area (TPSA) is 84.8 Å². The first kappa shape index (κ1) is 23.3. The van der Waals surface area contributed by atoms with Crippen molar-refractivity contribution in [2.75, 3.05) is 66.9 Å². The smallest absolute Gasteiger partial charge is 0.194 e. The van der Waals surface area contributed by atoms with Crippen molar-refractivity contribution in [1.82, 2.24) is 10.2 Å². The van der Waals surface area contributed by atoms with Crippen molar-refractivity contribution in [3.8, 4) is 11.5 Å². The van der Waals surface area contributed by atoms with Crippen LogP contribution in [0.25, 0.3) is 0 Å². The van der Waals surface area contributed by atoms with E-state index in [1.54, 1.807) is 14.2 Å². The van der Waals surface area contributed by atoms with E-state index in [0.717, 1.165) is 44.2 Å². The molecule has 29 heavy (non-hydrogen) atoms. The van der Waals surface area contributed by atoms with Gasteiger partial charge in [0.2, 0.25) is 0 Å². The largest absolute Gasteiger partial charge is 0.493 e. The standard InChI is InChI=1S/C21H35N3O5/c1-4-22-21(24-8-7-18(15-24)16-28-12-11-26-2)23-14-17-5-6-19(29-10-9-25)20(13-17)27-3/h5-6,13,18,25H,4,7-12,14-16H2,1-3H3,(H,22,23). The van der Waals surface area contributed by atoms with E-state index in [1.165, 1.54) is 0 Å². The zero-order chi connectivity index (χ0) is 20.9. The van der Waals surface area contributed by atoms with E-state index in [2.05, 4.69) is 17.1 Å². The number of methoxy groups -OCH3 is 2. The highest BCUT2D eigenvalue weighted by atomic mass is 16.5. The molecule has 0 bridgehead atoms. The monoisotopic (exact) mass is 409 g/mol. The van der Waals surface area contributed by atoms with Gasteiger partial charge in [0.15, 0.2) is 17.5 Å². The fraction of sp³-hybridized carbons (Fsp3) is 0.667. The van der Waals surface area contributed by atoms with E-state index in [4.69, 9.17) is 29.0 Å². The second kappa shape index (κ2) is 13.2. The summed E-state index contributed by atoms with van der Waals surface area (Å²) in [5, 5.41) is 12.3. The van der Waals surface area contributed by atoms with E-state index in [1.807, 2.05) is 18.2 Å². The van der Waals surface area contributed by atoms with Gasteiger partial charge in [0.05, 0.1) is 40.1 Å². The molecule has 0 spiro atoms. The maximum Gasteiger partial charge on any atom is 0.194 e. The molecule has 1 saturated heterocycles. The number of likely N-dealkylation sites (tertiary alicyclic amines) is 1. The van der Waals surface area contributed by atoms with E-state index in [0.29, 0.717) is 37.2 Å². The number of hydrogen-bond acceptors (Lipinski definition) is 6. The lowest BCUT2D eigenvalue weighted by Crippen LogP contribution is -2.40. The molecule has 0 aromatic heterocycles. The second-order valence-corrected chi connectivity index (χ2v) is 6.90. The summed E-state index contributed by atoms with van der Waals surface area (Å²) in [6, 6.07) is 5.75. The molecule has 2 N–H and O–H groups in total. The third kappa shape index (κ3) is 7.72. The van der Waals surface area contributed by atoms with Crippen molar-refractivity contribution >= 4 is 5.96 Å². The summed E-state index contributed by atoms with van der Waals surface area (Å²) in [6.07, 6.45) is 1.10. The zero-order valence-corrected chi connectivity index (χ0v) is 17.9.